The van der Waals surface area contributed by atoms with Crippen molar-refractivity contribution < 1.29 is 4.79 Å². The molecule has 0 atom stereocenters. The summed E-state index contributed by atoms with van der Waals surface area (Å²) in [6.45, 7) is 2.73. The van der Waals surface area contributed by atoms with Crippen molar-refractivity contribution in [2.24, 2.45) is 5.92 Å². The van der Waals surface area contributed by atoms with Crippen molar-refractivity contribution in [1.29, 1.82) is 0 Å². The Morgan fingerprint density at radius 3 is 2.74 bits per heavy atom. The molecule has 1 aliphatic heterocycles. The van der Waals surface area contributed by atoms with Crippen molar-refractivity contribution in [1.82, 2.24) is 10.3 Å². The van der Waals surface area contributed by atoms with E-state index in [1.807, 2.05) is 42.6 Å². The normalized spacial score (nSPS) is 15.4. The molecule has 0 spiro atoms. The van der Waals surface area contributed by atoms with Crippen LogP contribution in [0.15, 0.2) is 53.1 Å². The fraction of sp³-hybridized carbons (Fsp3) is 0.333. The molecule has 2 aromatic rings. The third-order valence-corrected chi connectivity index (χ3v) is 4.72. The van der Waals surface area contributed by atoms with Gasteiger partial charge in [-0.2, -0.15) is 0 Å². The van der Waals surface area contributed by atoms with Gasteiger partial charge in [-0.1, -0.05) is 28.1 Å². The number of hydrogen-bond acceptors (Lipinski definition) is 3. The van der Waals surface area contributed by atoms with Gasteiger partial charge in [0, 0.05) is 35.9 Å². The number of rotatable bonds is 4. The Hall–Kier alpha value is -1.88. The molecule has 1 aliphatic rings. The zero-order valence-electron chi connectivity index (χ0n) is 12.9. The molecular weight excluding hydrogens is 354 g/mol. The Bertz CT molecular complexity index is 654. The third-order valence-electron chi connectivity index (χ3n) is 4.23. The predicted molar refractivity (Wildman–Crippen MR) is 95.6 cm³/mol. The molecular formula is C18H20BrN3O. The van der Waals surface area contributed by atoms with Gasteiger partial charge < -0.3 is 10.2 Å². The van der Waals surface area contributed by atoms with E-state index >= 15 is 0 Å². The van der Waals surface area contributed by atoms with Crippen LogP contribution in [0.2, 0.25) is 0 Å². The fourth-order valence-corrected chi connectivity index (χ4v) is 3.28. The summed E-state index contributed by atoms with van der Waals surface area (Å²) in [4.78, 5) is 18.9. The van der Waals surface area contributed by atoms with Crippen LogP contribution in [-0.2, 0) is 0 Å². The number of carbonyl (C=O) groups is 1. The highest BCUT2D eigenvalue weighted by Gasteiger charge is 2.20. The van der Waals surface area contributed by atoms with Crippen molar-refractivity contribution in [3.05, 3.63) is 58.7 Å². The van der Waals surface area contributed by atoms with Crippen LogP contribution in [-0.4, -0.2) is 30.5 Å². The number of benzene rings is 1. The van der Waals surface area contributed by atoms with E-state index in [1.165, 1.54) is 0 Å². The van der Waals surface area contributed by atoms with Crippen LogP contribution in [0.4, 0.5) is 5.82 Å². The van der Waals surface area contributed by atoms with Crippen LogP contribution in [0, 0.1) is 5.92 Å². The minimum absolute atomic E-state index is 0.00143. The molecule has 120 valence electrons. The lowest BCUT2D eigenvalue weighted by atomic mass is 9.96. The average molecular weight is 374 g/mol. The van der Waals surface area contributed by atoms with Crippen LogP contribution < -0.4 is 10.2 Å². The SMILES string of the molecule is O=C(NCC1CCN(c2ccccn2)CC1)c1cccc(Br)c1. The zero-order valence-corrected chi connectivity index (χ0v) is 14.5. The number of hydrogen-bond donors (Lipinski definition) is 1. The Kier molecular flexibility index (Phi) is 5.28. The second kappa shape index (κ2) is 7.59. The smallest absolute Gasteiger partial charge is 0.251 e. The number of halogens is 1. The van der Waals surface area contributed by atoms with Gasteiger partial charge in [-0.05, 0) is 49.1 Å². The molecule has 0 radical (unpaired) electrons. The molecule has 2 heterocycles. The standard InChI is InChI=1S/C18H20BrN3O/c19-16-5-3-4-15(12-16)18(23)21-13-14-7-10-22(11-8-14)17-6-1-2-9-20-17/h1-6,9,12,14H,7-8,10-11,13H2,(H,21,23). The summed E-state index contributed by atoms with van der Waals surface area (Å²) < 4.78 is 0.925. The summed E-state index contributed by atoms with van der Waals surface area (Å²) in [7, 11) is 0. The van der Waals surface area contributed by atoms with E-state index in [9.17, 15) is 4.79 Å². The number of amides is 1. The highest BCUT2D eigenvalue weighted by molar-refractivity contribution is 9.10. The summed E-state index contributed by atoms with van der Waals surface area (Å²) in [5, 5.41) is 3.06. The lowest BCUT2D eigenvalue weighted by Gasteiger charge is -2.32. The van der Waals surface area contributed by atoms with E-state index in [1.54, 1.807) is 0 Å². The molecule has 23 heavy (non-hydrogen) atoms. The monoisotopic (exact) mass is 373 g/mol. The summed E-state index contributed by atoms with van der Waals surface area (Å²) in [5.74, 6) is 1.58. The van der Waals surface area contributed by atoms with Crippen LogP contribution in [0.3, 0.4) is 0 Å². The minimum Gasteiger partial charge on any atom is -0.357 e. The van der Waals surface area contributed by atoms with Gasteiger partial charge in [0.05, 0.1) is 0 Å². The molecule has 0 aliphatic carbocycles. The van der Waals surface area contributed by atoms with Crippen LogP contribution in [0.1, 0.15) is 23.2 Å². The van der Waals surface area contributed by atoms with Gasteiger partial charge in [-0.25, -0.2) is 4.98 Å². The summed E-state index contributed by atoms with van der Waals surface area (Å²) in [6, 6.07) is 13.5. The van der Waals surface area contributed by atoms with Crippen molar-refractivity contribution in [3.8, 4) is 0 Å². The molecule has 1 N–H and O–H groups in total. The molecule has 1 amide bonds. The maximum Gasteiger partial charge on any atom is 0.251 e. The first-order valence-electron chi connectivity index (χ1n) is 7.92. The fourth-order valence-electron chi connectivity index (χ4n) is 2.88. The first kappa shape index (κ1) is 16.0. The Morgan fingerprint density at radius 1 is 1.22 bits per heavy atom. The largest absolute Gasteiger partial charge is 0.357 e. The van der Waals surface area contributed by atoms with E-state index in [4.69, 9.17) is 0 Å². The van der Waals surface area contributed by atoms with Crippen molar-refractivity contribution in [2.75, 3.05) is 24.5 Å². The van der Waals surface area contributed by atoms with Gasteiger partial charge >= 0.3 is 0 Å². The number of pyridine rings is 1. The van der Waals surface area contributed by atoms with E-state index in [0.717, 1.165) is 42.8 Å². The summed E-state index contributed by atoms with van der Waals surface area (Å²) in [6.07, 6.45) is 3.99. The molecule has 1 saturated heterocycles. The maximum absolute atomic E-state index is 12.2. The second-order valence-electron chi connectivity index (χ2n) is 5.84. The van der Waals surface area contributed by atoms with Gasteiger partial charge in [0.25, 0.3) is 5.91 Å². The minimum atomic E-state index is -0.00143. The molecule has 3 rings (SSSR count). The number of piperidine rings is 1. The predicted octanol–water partition coefficient (Wildman–Crippen LogP) is 3.49. The Balaban J connectivity index is 1.47. The summed E-state index contributed by atoms with van der Waals surface area (Å²) in [5.41, 5.74) is 0.699. The number of nitrogens with one attached hydrogen (secondary N) is 1. The van der Waals surface area contributed by atoms with Crippen LogP contribution in [0.25, 0.3) is 0 Å². The Labute approximate surface area is 145 Å². The molecule has 1 fully saturated rings. The number of aromatic nitrogens is 1. The number of anilines is 1. The summed E-state index contributed by atoms with van der Waals surface area (Å²) >= 11 is 3.40. The number of carbonyl (C=O) groups excluding carboxylic acids is 1. The molecule has 5 heteroatoms. The highest BCUT2D eigenvalue weighted by Crippen LogP contribution is 2.21. The van der Waals surface area contributed by atoms with Crippen molar-refractivity contribution >= 4 is 27.7 Å². The molecule has 0 saturated carbocycles. The lowest BCUT2D eigenvalue weighted by molar-refractivity contribution is 0.0945. The quantitative estimate of drug-likeness (QED) is 0.891. The van der Waals surface area contributed by atoms with Crippen LogP contribution >= 0.6 is 15.9 Å². The van der Waals surface area contributed by atoms with Gasteiger partial charge in [0.2, 0.25) is 0 Å². The highest BCUT2D eigenvalue weighted by atomic mass is 79.9. The van der Waals surface area contributed by atoms with E-state index < -0.39 is 0 Å². The first-order chi connectivity index (χ1) is 11.2. The van der Waals surface area contributed by atoms with E-state index in [0.29, 0.717) is 11.5 Å². The van der Waals surface area contributed by atoms with Crippen molar-refractivity contribution in [3.63, 3.8) is 0 Å². The topological polar surface area (TPSA) is 45.2 Å². The molecule has 1 aromatic carbocycles. The molecule has 1 aromatic heterocycles. The van der Waals surface area contributed by atoms with E-state index in [2.05, 4.69) is 37.2 Å². The van der Waals surface area contributed by atoms with Gasteiger partial charge in [0.15, 0.2) is 0 Å². The second-order valence-corrected chi connectivity index (χ2v) is 6.75. The lowest BCUT2D eigenvalue weighted by Crippen LogP contribution is -2.39. The first-order valence-corrected chi connectivity index (χ1v) is 8.71. The average Bonchev–Trinajstić information content (AvgIpc) is 2.61. The zero-order chi connectivity index (χ0) is 16.1. The van der Waals surface area contributed by atoms with Gasteiger partial charge in [-0.3, -0.25) is 4.79 Å². The van der Waals surface area contributed by atoms with Gasteiger partial charge in [-0.15, -0.1) is 0 Å². The molecule has 4 nitrogen and oxygen atoms in total. The molecule has 0 unspecified atom stereocenters. The van der Waals surface area contributed by atoms with E-state index in [-0.39, 0.29) is 5.91 Å². The van der Waals surface area contributed by atoms with Gasteiger partial charge in [0.1, 0.15) is 5.82 Å². The maximum atomic E-state index is 12.2. The molecule has 0 bridgehead atoms. The number of nitrogens with zero attached hydrogens (tertiary/aromatic N) is 2. The van der Waals surface area contributed by atoms with Crippen LogP contribution in [0.5, 0.6) is 0 Å². The third kappa shape index (κ3) is 4.32. The Morgan fingerprint density at radius 2 is 2.04 bits per heavy atom. The van der Waals surface area contributed by atoms with Crippen molar-refractivity contribution in [2.45, 2.75) is 12.8 Å².